The van der Waals surface area contributed by atoms with E-state index in [1.807, 2.05) is 30.3 Å². The number of ether oxygens (including phenoxy) is 1. The summed E-state index contributed by atoms with van der Waals surface area (Å²) in [6.07, 6.45) is 1.90. The molecule has 0 atom stereocenters. The Labute approximate surface area is 116 Å². The van der Waals surface area contributed by atoms with E-state index in [0.717, 1.165) is 16.5 Å². The second kappa shape index (κ2) is 5.17. The van der Waals surface area contributed by atoms with Crippen molar-refractivity contribution in [1.82, 2.24) is 4.98 Å². The van der Waals surface area contributed by atoms with Gasteiger partial charge in [-0.25, -0.2) is 4.98 Å². The molecule has 4 heteroatoms. The van der Waals surface area contributed by atoms with E-state index in [1.165, 1.54) is 0 Å². The Morgan fingerprint density at radius 1 is 1.25 bits per heavy atom. The number of para-hydroxylation sites is 1. The van der Waals surface area contributed by atoms with Gasteiger partial charge in [-0.05, 0) is 17.7 Å². The van der Waals surface area contributed by atoms with Crippen molar-refractivity contribution in [3.05, 3.63) is 60.0 Å². The molecule has 100 valence electrons. The topological polar surface area (TPSA) is 52.3 Å². The fourth-order valence-electron chi connectivity index (χ4n) is 2.03. The number of nitrogens with zero attached hydrogens (tertiary/aromatic N) is 1. The Kier molecular flexibility index (Phi) is 3.21. The fourth-order valence-corrected chi connectivity index (χ4v) is 2.03. The first-order valence-corrected chi connectivity index (χ1v) is 6.27. The third kappa shape index (κ3) is 2.40. The molecule has 2 aromatic heterocycles. The maximum atomic E-state index is 12.2. The molecule has 2 heterocycles. The van der Waals surface area contributed by atoms with Gasteiger partial charge in [-0.2, -0.15) is 0 Å². The second-order valence-corrected chi connectivity index (χ2v) is 4.46. The summed E-state index contributed by atoms with van der Waals surface area (Å²) in [7, 11) is 1.56. The number of carbonyl (C=O) groups excluding carboxylic acids is 1. The number of fused-ring (bicyclic) bond motifs is 1. The quantitative estimate of drug-likeness (QED) is 0.681. The van der Waals surface area contributed by atoms with E-state index in [1.54, 1.807) is 25.4 Å². The first kappa shape index (κ1) is 12.4. The van der Waals surface area contributed by atoms with Crippen LogP contribution in [0.1, 0.15) is 16.1 Å². The summed E-state index contributed by atoms with van der Waals surface area (Å²) in [4.78, 5) is 16.3. The molecule has 0 saturated carbocycles. The number of methoxy groups -OCH3 is 1. The van der Waals surface area contributed by atoms with Gasteiger partial charge in [0.15, 0.2) is 5.76 Å². The predicted molar refractivity (Wildman–Crippen MR) is 75.0 cm³/mol. The van der Waals surface area contributed by atoms with E-state index in [2.05, 4.69) is 4.98 Å². The van der Waals surface area contributed by atoms with Crippen molar-refractivity contribution >= 4 is 16.8 Å². The monoisotopic (exact) mass is 267 g/mol. The molecule has 0 aliphatic rings. The summed E-state index contributed by atoms with van der Waals surface area (Å²) in [5.74, 6) is 0.847. The van der Waals surface area contributed by atoms with Crippen LogP contribution in [0.15, 0.2) is 53.1 Å². The standard InChI is InChI=1S/C16H13NO3/c1-19-16-7-6-11(10-17-16)8-13(18)15-9-12-4-2-3-5-14(12)20-15/h2-7,9-10H,8H2,1H3. The van der Waals surface area contributed by atoms with Gasteiger partial charge in [0.05, 0.1) is 7.11 Å². The molecule has 0 radical (unpaired) electrons. The Morgan fingerprint density at radius 3 is 2.80 bits per heavy atom. The van der Waals surface area contributed by atoms with Gasteiger partial charge in [0, 0.05) is 24.1 Å². The maximum absolute atomic E-state index is 12.2. The van der Waals surface area contributed by atoms with Crippen LogP contribution < -0.4 is 4.74 Å². The largest absolute Gasteiger partial charge is 0.481 e. The number of pyridine rings is 1. The Bertz CT molecular complexity index is 711. The molecule has 0 N–H and O–H groups in total. The molecule has 0 fully saturated rings. The number of Topliss-reactive ketones (excluding diaryl/α,β-unsaturated/α-hetero) is 1. The molecule has 0 unspecified atom stereocenters. The van der Waals surface area contributed by atoms with Crippen LogP contribution in [0.2, 0.25) is 0 Å². The number of rotatable bonds is 4. The lowest BCUT2D eigenvalue weighted by molar-refractivity contribution is 0.0968. The zero-order valence-electron chi connectivity index (χ0n) is 11.0. The smallest absolute Gasteiger partial charge is 0.212 e. The van der Waals surface area contributed by atoms with Crippen LogP contribution in [0.4, 0.5) is 0 Å². The van der Waals surface area contributed by atoms with Gasteiger partial charge in [-0.15, -0.1) is 0 Å². The molecule has 1 aromatic carbocycles. The predicted octanol–water partition coefficient (Wildman–Crippen LogP) is 3.26. The second-order valence-electron chi connectivity index (χ2n) is 4.46. The molecular weight excluding hydrogens is 254 g/mol. The summed E-state index contributed by atoms with van der Waals surface area (Å²) < 4.78 is 10.5. The van der Waals surface area contributed by atoms with Crippen molar-refractivity contribution < 1.29 is 13.9 Å². The molecule has 0 amide bonds. The highest BCUT2D eigenvalue weighted by Gasteiger charge is 2.13. The lowest BCUT2D eigenvalue weighted by atomic mass is 10.1. The minimum Gasteiger partial charge on any atom is -0.481 e. The van der Waals surface area contributed by atoms with Crippen LogP contribution in [0.3, 0.4) is 0 Å². The molecule has 0 saturated heterocycles. The summed E-state index contributed by atoms with van der Waals surface area (Å²) in [6, 6.07) is 12.9. The van der Waals surface area contributed by atoms with Gasteiger partial charge >= 0.3 is 0 Å². The molecule has 0 aliphatic carbocycles. The van der Waals surface area contributed by atoms with Crippen molar-refractivity contribution in [2.75, 3.05) is 7.11 Å². The van der Waals surface area contributed by atoms with Crippen molar-refractivity contribution in [3.8, 4) is 5.88 Å². The third-order valence-corrected chi connectivity index (χ3v) is 3.07. The first-order valence-electron chi connectivity index (χ1n) is 6.27. The fraction of sp³-hybridized carbons (Fsp3) is 0.125. The van der Waals surface area contributed by atoms with Crippen molar-refractivity contribution in [2.45, 2.75) is 6.42 Å². The van der Waals surface area contributed by atoms with E-state index in [9.17, 15) is 4.79 Å². The molecule has 4 nitrogen and oxygen atoms in total. The number of carbonyl (C=O) groups is 1. The molecule has 20 heavy (non-hydrogen) atoms. The van der Waals surface area contributed by atoms with Crippen molar-refractivity contribution in [3.63, 3.8) is 0 Å². The lowest BCUT2D eigenvalue weighted by Crippen LogP contribution is -2.02. The average molecular weight is 267 g/mol. The van der Waals surface area contributed by atoms with E-state index in [0.29, 0.717) is 11.6 Å². The normalized spacial score (nSPS) is 10.7. The minimum absolute atomic E-state index is 0.0619. The highest BCUT2D eigenvalue weighted by molar-refractivity contribution is 5.98. The van der Waals surface area contributed by atoms with Gasteiger partial charge in [0.2, 0.25) is 11.7 Å². The Morgan fingerprint density at radius 2 is 2.10 bits per heavy atom. The van der Waals surface area contributed by atoms with Crippen LogP contribution in [-0.4, -0.2) is 17.9 Å². The van der Waals surface area contributed by atoms with Crippen molar-refractivity contribution in [2.24, 2.45) is 0 Å². The highest BCUT2D eigenvalue weighted by Crippen LogP contribution is 2.20. The summed E-state index contributed by atoms with van der Waals surface area (Å²) in [6.45, 7) is 0. The summed E-state index contributed by atoms with van der Waals surface area (Å²) in [5.41, 5.74) is 1.56. The maximum Gasteiger partial charge on any atom is 0.212 e. The zero-order chi connectivity index (χ0) is 13.9. The number of hydrogen-bond acceptors (Lipinski definition) is 4. The molecule has 3 rings (SSSR count). The molecular formula is C16H13NO3. The first-order chi connectivity index (χ1) is 9.76. The Hall–Kier alpha value is -2.62. The number of aromatic nitrogens is 1. The summed E-state index contributed by atoms with van der Waals surface area (Å²) in [5, 5.41) is 0.934. The third-order valence-electron chi connectivity index (χ3n) is 3.07. The van der Waals surface area contributed by atoms with E-state index in [4.69, 9.17) is 9.15 Å². The van der Waals surface area contributed by atoms with E-state index < -0.39 is 0 Å². The number of furan rings is 1. The van der Waals surface area contributed by atoms with Crippen LogP contribution in [0.25, 0.3) is 11.0 Å². The molecule has 3 aromatic rings. The van der Waals surface area contributed by atoms with Gasteiger partial charge in [0.1, 0.15) is 5.58 Å². The number of benzene rings is 1. The minimum atomic E-state index is -0.0619. The molecule has 0 aliphatic heterocycles. The molecule has 0 spiro atoms. The Balaban J connectivity index is 1.81. The molecule has 0 bridgehead atoms. The van der Waals surface area contributed by atoms with Gasteiger partial charge in [-0.1, -0.05) is 24.3 Å². The van der Waals surface area contributed by atoms with E-state index in [-0.39, 0.29) is 12.2 Å². The SMILES string of the molecule is COc1ccc(CC(=O)c2cc3ccccc3o2)cn1. The lowest BCUT2D eigenvalue weighted by Gasteiger charge is -2.00. The van der Waals surface area contributed by atoms with Crippen LogP contribution in [-0.2, 0) is 6.42 Å². The van der Waals surface area contributed by atoms with Crippen LogP contribution in [0, 0.1) is 0 Å². The van der Waals surface area contributed by atoms with Crippen LogP contribution in [0.5, 0.6) is 5.88 Å². The van der Waals surface area contributed by atoms with Gasteiger partial charge in [0.25, 0.3) is 0 Å². The zero-order valence-corrected chi connectivity index (χ0v) is 11.0. The highest BCUT2D eigenvalue weighted by atomic mass is 16.5. The summed E-state index contributed by atoms with van der Waals surface area (Å²) >= 11 is 0. The van der Waals surface area contributed by atoms with Crippen LogP contribution >= 0.6 is 0 Å². The number of ketones is 1. The van der Waals surface area contributed by atoms with Crippen molar-refractivity contribution in [1.29, 1.82) is 0 Å². The van der Waals surface area contributed by atoms with Gasteiger partial charge < -0.3 is 9.15 Å². The van der Waals surface area contributed by atoms with Gasteiger partial charge in [-0.3, -0.25) is 4.79 Å². The number of hydrogen-bond donors (Lipinski definition) is 0. The van der Waals surface area contributed by atoms with E-state index >= 15 is 0 Å². The average Bonchev–Trinajstić information content (AvgIpc) is 2.92.